The second-order valence-corrected chi connectivity index (χ2v) is 9.70. The van der Waals surface area contributed by atoms with Crippen LogP contribution in [-0.2, 0) is 33.8 Å². The molecule has 0 heterocycles. The van der Waals surface area contributed by atoms with Gasteiger partial charge in [0.2, 0.25) is 0 Å². The lowest BCUT2D eigenvalue weighted by Crippen LogP contribution is -2.32. The molecule has 0 saturated carbocycles. The third kappa shape index (κ3) is 8.50. The van der Waals surface area contributed by atoms with Crippen LogP contribution in [0.3, 0.4) is 0 Å². The summed E-state index contributed by atoms with van der Waals surface area (Å²) in [5, 5.41) is 6.90. The van der Waals surface area contributed by atoms with Gasteiger partial charge in [0, 0.05) is 12.2 Å². The Bertz CT molecular complexity index is 1150. The van der Waals surface area contributed by atoms with E-state index in [2.05, 4.69) is 10.6 Å². The monoisotopic (exact) mass is 514 g/mol. The van der Waals surface area contributed by atoms with Crippen molar-refractivity contribution in [1.29, 1.82) is 0 Å². The number of amides is 1. The van der Waals surface area contributed by atoms with Crippen LogP contribution in [-0.4, -0.2) is 17.7 Å². The molecular weight excluding hydrogens is 487 g/mol. The minimum atomic E-state index is -0.546. The molecule has 0 atom stereocenters. The third-order valence-electron chi connectivity index (χ3n) is 4.83. The van der Waals surface area contributed by atoms with Crippen LogP contribution in [0, 0.1) is 0 Å². The average molecular weight is 515 g/mol. The minimum Gasteiger partial charge on any atom is -0.461 e. The van der Waals surface area contributed by atoms with Crippen LogP contribution in [0.5, 0.6) is 0 Å². The SMILES string of the molecule is CC(C)(C)OC(=O)NCc1ccc(COC(=O)Cc2ccccc2Nc2c(Cl)cccc2Cl)cc1. The maximum atomic E-state index is 12.5. The molecule has 0 aliphatic carbocycles. The summed E-state index contributed by atoms with van der Waals surface area (Å²) >= 11 is 12.5. The predicted molar refractivity (Wildman–Crippen MR) is 139 cm³/mol. The van der Waals surface area contributed by atoms with E-state index in [1.54, 1.807) is 18.2 Å². The Morgan fingerprint density at radius 3 is 2.14 bits per heavy atom. The number of hydrogen-bond donors (Lipinski definition) is 2. The Kier molecular flexibility index (Phi) is 9.01. The molecule has 0 aliphatic heterocycles. The van der Waals surface area contributed by atoms with E-state index in [-0.39, 0.29) is 19.0 Å². The number of rotatable bonds is 8. The Labute approximate surface area is 215 Å². The van der Waals surface area contributed by atoms with Gasteiger partial charge in [0.1, 0.15) is 12.2 Å². The molecule has 3 rings (SSSR count). The fraction of sp³-hybridized carbons (Fsp3) is 0.259. The van der Waals surface area contributed by atoms with Gasteiger partial charge in [-0.05, 0) is 55.7 Å². The first kappa shape index (κ1) is 26.4. The molecule has 2 N–H and O–H groups in total. The Hall–Kier alpha value is -3.22. The molecule has 1 amide bonds. The summed E-state index contributed by atoms with van der Waals surface area (Å²) < 4.78 is 10.7. The fourth-order valence-corrected chi connectivity index (χ4v) is 3.65. The molecule has 184 valence electrons. The molecule has 0 aromatic heterocycles. The van der Waals surface area contributed by atoms with Crippen LogP contribution in [0.25, 0.3) is 0 Å². The van der Waals surface area contributed by atoms with Crippen molar-refractivity contribution in [3.05, 3.63) is 93.5 Å². The van der Waals surface area contributed by atoms with Crippen LogP contribution in [0.4, 0.5) is 16.2 Å². The number of anilines is 2. The first-order valence-electron chi connectivity index (χ1n) is 11.1. The van der Waals surface area contributed by atoms with E-state index in [9.17, 15) is 9.59 Å². The highest BCUT2D eigenvalue weighted by Crippen LogP contribution is 2.33. The molecule has 0 unspecified atom stereocenters. The molecule has 0 bridgehead atoms. The number of hydrogen-bond acceptors (Lipinski definition) is 5. The van der Waals surface area contributed by atoms with Crippen molar-refractivity contribution in [1.82, 2.24) is 5.32 Å². The van der Waals surface area contributed by atoms with E-state index in [1.807, 2.05) is 69.3 Å². The predicted octanol–water partition coefficient (Wildman–Crippen LogP) is 7.05. The van der Waals surface area contributed by atoms with Crippen molar-refractivity contribution in [3.8, 4) is 0 Å². The summed E-state index contributed by atoms with van der Waals surface area (Å²) in [5.41, 5.74) is 3.27. The normalized spacial score (nSPS) is 11.0. The quantitative estimate of drug-likeness (QED) is 0.315. The van der Waals surface area contributed by atoms with Crippen LogP contribution in [0.2, 0.25) is 10.0 Å². The van der Waals surface area contributed by atoms with Gasteiger partial charge in [-0.3, -0.25) is 4.79 Å². The number of benzene rings is 3. The molecule has 8 heteroatoms. The zero-order valence-corrected chi connectivity index (χ0v) is 21.4. The van der Waals surface area contributed by atoms with Gasteiger partial charge in [0.25, 0.3) is 0 Å². The van der Waals surface area contributed by atoms with Gasteiger partial charge in [-0.15, -0.1) is 0 Å². The van der Waals surface area contributed by atoms with Crippen LogP contribution in [0.15, 0.2) is 66.7 Å². The number of para-hydroxylation sites is 2. The van der Waals surface area contributed by atoms with E-state index in [0.29, 0.717) is 22.3 Å². The van der Waals surface area contributed by atoms with Gasteiger partial charge in [-0.25, -0.2) is 4.79 Å². The number of nitrogens with one attached hydrogen (secondary N) is 2. The standard InChI is InChI=1S/C27H28Cl2N2O4/c1-27(2,3)35-26(33)30-16-18-11-13-19(14-12-18)17-34-24(32)15-20-7-4-5-10-23(20)31-25-21(28)8-6-9-22(25)29/h4-14,31H,15-17H2,1-3H3,(H,30,33). The lowest BCUT2D eigenvalue weighted by atomic mass is 10.1. The topological polar surface area (TPSA) is 76.7 Å². The zero-order valence-electron chi connectivity index (χ0n) is 19.9. The van der Waals surface area contributed by atoms with Crippen molar-refractivity contribution in [2.75, 3.05) is 5.32 Å². The van der Waals surface area contributed by atoms with Crippen molar-refractivity contribution >= 4 is 46.6 Å². The summed E-state index contributed by atoms with van der Waals surface area (Å²) in [6.45, 7) is 5.92. The van der Waals surface area contributed by atoms with E-state index < -0.39 is 11.7 Å². The average Bonchev–Trinajstić information content (AvgIpc) is 2.79. The maximum Gasteiger partial charge on any atom is 0.407 e. The van der Waals surface area contributed by atoms with Crippen molar-refractivity contribution in [3.63, 3.8) is 0 Å². The number of alkyl carbamates (subject to hydrolysis) is 1. The third-order valence-corrected chi connectivity index (χ3v) is 5.46. The Balaban J connectivity index is 1.52. The van der Waals surface area contributed by atoms with Gasteiger partial charge in [0.05, 0.1) is 22.2 Å². The first-order chi connectivity index (χ1) is 16.6. The second kappa shape index (κ2) is 12.0. The maximum absolute atomic E-state index is 12.5. The smallest absolute Gasteiger partial charge is 0.407 e. The molecule has 0 spiro atoms. The number of carbonyl (C=O) groups excluding carboxylic acids is 2. The zero-order chi connectivity index (χ0) is 25.4. The van der Waals surface area contributed by atoms with Crippen molar-refractivity contribution in [2.24, 2.45) is 0 Å². The first-order valence-corrected chi connectivity index (χ1v) is 11.9. The molecule has 0 saturated heterocycles. The summed E-state index contributed by atoms with van der Waals surface area (Å²) in [5.74, 6) is -0.361. The van der Waals surface area contributed by atoms with E-state index in [1.165, 1.54) is 0 Å². The number of ether oxygens (including phenoxy) is 2. The van der Waals surface area contributed by atoms with Crippen molar-refractivity contribution in [2.45, 2.75) is 45.9 Å². The summed E-state index contributed by atoms with van der Waals surface area (Å²) in [6.07, 6.45) is -0.384. The molecule has 35 heavy (non-hydrogen) atoms. The summed E-state index contributed by atoms with van der Waals surface area (Å²) in [4.78, 5) is 24.3. The molecular formula is C27H28Cl2N2O4. The Morgan fingerprint density at radius 2 is 1.49 bits per heavy atom. The molecule has 0 radical (unpaired) electrons. The lowest BCUT2D eigenvalue weighted by Gasteiger charge is -2.19. The van der Waals surface area contributed by atoms with Gasteiger partial charge >= 0.3 is 12.1 Å². The largest absolute Gasteiger partial charge is 0.461 e. The molecule has 6 nitrogen and oxygen atoms in total. The number of halogens is 2. The molecule has 3 aromatic carbocycles. The van der Waals surface area contributed by atoms with Gasteiger partial charge in [-0.2, -0.15) is 0 Å². The van der Waals surface area contributed by atoms with E-state index >= 15 is 0 Å². The highest BCUT2D eigenvalue weighted by molar-refractivity contribution is 6.39. The van der Waals surface area contributed by atoms with Crippen LogP contribution in [0.1, 0.15) is 37.5 Å². The second-order valence-electron chi connectivity index (χ2n) is 8.89. The lowest BCUT2D eigenvalue weighted by molar-refractivity contribution is -0.144. The van der Waals surface area contributed by atoms with Gasteiger partial charge < -0.3 is 20.1 Å². The highest BCUT2D eigenvalue weighted by atomic mass is 35.5. The Morgan fingerprint density at radius 1 is 0.857 bits per heavy atom. The molecule has 0 fully saturated rings. The summed E-state index contributed by atoms with van der Waals surface area (Å²) in [6, 6.07) is 20.1. The number of carbonyl (C=O) groups is 2. The van der Waals surface area contributed by atoms with Gasteiger partial charge in [0.15, 0.2) is 0 Å². The van der Waals surface area contributed by atoms with E-state index in [4.69, 9.17) is 32.7 Å². The van der Waals surface area contributed by atoms with Crippen LogP contribution >= 0.6 is 23.2 Å². The highest BCUT2D eigenvalue weighted by Gasteiger charge is 2.16. The summed E-state index contributed by atoms with van der Waals surface area (Å²) in [7, 11) is 0. The minimum absolute atomic E-state index is 0.0864. The van der Waals surface area contributed by atoms with E-state index in [0.717, 1.165) is 22.4 Å². The number of esters is 1. The van der Waals surface area contributed by atoms with Gasteiger partial charge in [-0.1, -0.05) is 71.7 Å². The van der Waals surface area contributed by atoms with Crippen LogP contribution < -0.4 is 10.6 Å². The van der Waals surface area contributed by atoms with Crippen molar-refractivity contribution < 1.29 is 19.1 Å². The fourth-order valence-electron chi connectivity index (χ4n) is 3.16. The molecule has 3 aromatic rings. The molecule has 0 aliphatic rings.